The fraction of sp³-hybridized carbons (Fsp3) is 0. The van der Waals surface area contributed by atoms with Gasteiger partial charge in [0, 0.05) is 18.0 Å². The van der Waals surface area contributed by atoms with Gasteiger partial charge in [0.1, 0.15) is 0 Å². The zero-order chi connectivity index (χ0) is 7.52. The summed E-state index contributed by atoms with van der Waals surface area (Å²) in [6.07, 6.45) is 7.85. The molecule has 0 aliphatic heterocycles. The van der Waals surface area contributed by atoms with Crippen molar-refractivity contribution in [2.45, 2.75) is 0 Å². The van der Waals surface area contributed by atoms with Gasteiger partial charge in [-0.3, -0.25) is 4.98 Å². The van der Waals surface area contributed by atoms with Gasteiger partial charge in [0.2, 0.25) is 0 Å². The van der Waals surface area contributed by atoms with E-state index in [0.717, 1.165) is 11.1 Å². The van der Waals surface area contributed by atoms with Gasteiger partial charge in [0.05, 0.1) is 6.26 Å². The second-order valence-electron chi connectivity index (χ2n) is 2.17. The third kappa shape index (κ3) is 1.15. The molecule has 0 spiro atoms. The molecule has 2 aromatic rings. The molecule has 0 N–H and O–H groups in total. The largest absolute Gasteiger partial charge is 0.460 e. The Morgan fingerprint density at radius 1 is 1.18 bits per heavy atom. The molecule has 0 aromatic carbocycles. The topological polar surface area (TPSA) is 26.0 Å². The van der Waals surface area contributed by atoms with Gasteiger partial charge in [0.25, 0.3) is 0 Å². The molecular weight excluding hydrogens is 138 g/mol. The molecule has 0 bridgehead atoms. The van der Waals surface area contributed by atoms with Crippen molar-refractivity contribution in [2.24, 2.45) is 0 Å². The summed E-state index contributed by atoms with van der Waals surface area (Å²) in [5.74, 6) is 0. The Morgan fingerprint density at radius 2 is 2.00 bits per heavy atom. The molecule has 0 amide bonds. The Balaban J connectivity index is 2.46. The predicted octanol–water partition coefficient (Wildman–Crippen LogP) is 2.14. The molecule has 2 nitrogen and oxygen atoms in total. The van der Waals surface area contributed by atoms with Gasteiger partial charge in [-0.25, -0.2) is 0 Å². The van der Waals surface area contributed by atoms with Crippen LogP contribution in [0.15, 0.2) is 41.3 Å². The zero-order valence-corrected chi connectivity index (χ0v) is 5.82. The summed E-state index contributed by atoms with van der Waals surface area (Å²) in [6.45, 7) is 0. The highest BCUT2D eigenvalue weighted by Crippen LogP contribution is 2.16. The average molecular weight is 144 g/mol. The molecule has 0 aliphatic rings. The number of hydrogen-bond acceptors (Lipinski definition) is 2. The second-order valence-corrected chi connectivity index (χ2v) is 2.17. The minimum absolute atomic E-state index is 0.965. The number of pyridine rings is 1. The fourth-order valence-electron chi connectivity index (χ4n) is 0.920. The van der Waals surface area contributed by atoms with Crippen molar-refractivity contribution in [1.29, 1.82) is 0 Å². The predicted molar refractivity (Wildman–Crippen MR) is 40.8 cm³/mol. The lowest BCUT2D eigenvalue weighted by molar-refractivity contribution is 0.559. The lowest BCUT2D eigenvalue weighted by Gasteiger charge is -1.91. The molecule has 0 saturated heterocycles. The van der Waals surface area contributed by atoms with Gasteiger partial charge < -0.3 is 4.42 Å². The van der Waals surface area contributed by atoms with E-state index in [4.69, 9.17) is 4.42 Å². The molecule has 0 unspecified atom stereocenters. The van der Waals surface area contributed by atoms with Gasteiger partial charge >= 0.3 is 0 Å². The van der Waals surface area contributed by atoms with Gasteiger partial charge in [-0.15, -0.1) is 0 Å². The van der Waals surface area contributed by atoms with Crippen LogP contribution in [0.5, 0.6) is 0 Å². The molecule has 2 rings (SSSR count). The molecule has 2 heterocycles. The molecule has 1 radical (unpaired) electrons. The highest BCUT2D eigenvalue weighted by molar-refractivity contribution is 5.60. The minimum Gasteiger partial charge on any atom is -0.460 e. The van der Waals surface area contributed by atoms with Crippen LogP contribution >= 0.6 is 0 Å². The molecule has 0 atom stereocenters. The van der Waals surface area contributed by atoms with E-state index in [1.165, 1.54) is 0 Å². The van der Waals surface area contributed by atoms with Crippen molar-refractivity contribution < 1.29 is 4.42 Å². The molecule has 53 valence electrons. The van der Waals surface area contributed by atoms with Crippen molar-refractivity contribution in [3.63, 3.8) is 0 Å². The number of furan rings is 1. The Bertz CT molecular complexity index is 313. The van der Waals surface area contributed by atoms with Crippen molar-refractivity contribution in [3.8, 4) is 11.1 Å². The summed E-state index contributed by atoms with van der Waals surface area (Å²) in [4.78, 5) is 3.91. The SMILES string of the molecule is [c]1occc1-c1ccncc1. The molecule has 0 aliphatic carbocycles. The van der Waals surface area contributed by atoms with E-state index in [1.54, 1.807) is 18.7 Å². The maximum Gasteiger partial charge on any atom is 0.177 e. The van der Waals surface area contributed by atoms with E-state index in [0.29, 0.717) is 0 Å². The molecule has 0 fully saturated rings. The van der Waals surface area contributed by atoms with Crippen LogP contribution in [0.3, 0.4) is 0 Å². The van der Waals surface area contributed by atoms with E-state index in [2.05, 4.69) is 11.2 Å². The first-order valence-electron chi connectivity index (χ1n) is 3.32. The van der Waals surface area contributed by atoms with Crippen LogP contribution in [-0.2, 0) is 0 Å². The van der Waals surface area contributed by atoms with E-state index in [-0.39, 0.29) is 0 Å². The van der Waals surface area contributed by atoms with Crippen LogP contribution in [0.4, 0.5) is 0 Å². The van der Waals surface area contributed by atoms with Crippen molar-refractivity contribution in [2.75, 3.05) is 0 Å². The highest BCUT2D eigenvalue weighted by atomic mass is 16.3. The summed E-state index contributed by atoms with van der Waals surface area (Å²) in [5.41, 5.74) is 2.04. The Morgan fingerprint density at radius 3 is 2.64 bits per heavy atom. The van der Waals surface area contributed by atoms with E-state index < -0.39 is 0 Å². The van der Waals surface area contributed by atoms with E-state index in [9.17, 15) is 0 Å². The average Bonchev–Trinajstić information content (AvgIpc) is 2.58. The summed E-state index contributed by atoms with van der Waals surface area (Å²) in [6, 6.07) is 5.71. The van der Waals surface area contributed by atoms with Crippen molar-refractivity contribution in [3.05, 3.63) is 43.1 Å². The van der Waals surface area contributed by atoms with E-state index in [1.807, 2.05) is 18.2 Å². The third-order valence-electron chi connectivity index (χ3n) is 1.46. The van der Waals surface area contributed by atoms with Crippen LogP contribution in [0.25, 0.3) is 11.1 Å². The first-order chi connectivity index (χ1) is 5.47. The normalized spacial score (nSPS) is 9.82. The third-order valence-corrected chi connectivity index (χ3v) is 1.46. The van der Waals surface area contributed by atoms with Crippen LogP contribution in [0, 0.1) is 6.26 Å². The quantitative estimate of drug-likeness (QED) is 0.612. The zero-order valence-electron chi connectivity index (χ0n) is 5.82. The lowest BCUT2D eigenvalue weighted by atomic mass is 10.1. The van der Waals surface area contributed by atoms with Crippen molar-refractivity contribution in [1.82, 2.24) is 4.98 Å². The maximum atomic E-state index is 4.82. The number of rotatable bonds is 1. The second kappa shape index (κ2) is 2.58. The van der Waals surface area contributed by atoms with E-state index >= 15 is 0 Å². The molecule has 2 aromatic heterocycles. The Hall–Kier alpha value is -1.57. The van der Waals surface area contributed by atoms with Crippen LogP contribution in [-0.4, -0.2) is 4.98 Å². The first-order valence-corrected chi connectivity index (χ1v) is 3.32. The lowest BCUT2D eigenvalue weighted by Crippen LogP contribution is -1.73. The number of nitrogens with zero attached hydrogens (tertiary/aromatic N) is 1. The monoisotopic (exact) mass is 144 g/mol. The molecule has 2 heteroatoms. The van der Waals surface area contributed by atoms with Crippen LogP contribution < -0.4 is 0 Å². The van der Waals surface area contributed by atoms with Gasteiger partial charge in [0.15, 0.2) is 6.26 Å². The summed E-state index contributed by atoms with van der Waals surface area (Å²) in [5, 5.41) is 0. The maximum absolute atomic E-state index is 4.82. The minimum atomic E-state index is 0.965. The van der Waals surface area contributed by atoms with Crippen molar-refractivity contribution >= 4 is 0 Å². The summed E-state index contributed by atoms with van der Waals surface area (Å²) < 4.78 is 4.82. The standard InChI is InChI=1S/C9H6NO/c1-4-10-5-2-8(1)9-3-6-11-7-9/h1-6H. The summed E-state index contributed by atoms with van der Waals surface area (Å²) >= 11 is 0. The van der Waals surface area contributed by atoms with Crippen LogP contribution in [0.1, 0.15) is 0 Å². The Labute approximate surface area is 64.5 Å². The Kier molecular flexibility index (Phi) is 1.44. The highest BCUT2D eigenvalue weighted by Gasteiger charge is 1.96. The molecule has 0 saturated carbocycles. The van der Waals surface area contributed by atoms with Gasteiger partial charge in [-0.05, 0) is 23.8 Å². The van der Waals surface area contributed by atoms with Gasteiger partial charge in [-0.2, -0.15) is 0 Å². The molecule has 11 heavy (non-hydrogen) atoms. The number of hydrogen-bond donors (Lipinski definition) is 0. The first kappa shape index (κ1) is 6.16. The van der Waals surface area contributed by atoms with Crippen LogP contribution in [0.2, 0.25) is 0 Å². The van der Waals surface area contributed by atoms with Gasteiger partial charge in [-0.1, -0.05) is 0 Å². The smallest absolute Gasteiger partial charge is 0.177 e. The number of aromatic nitrogens is 1. The fourth-order valence-corrected chi connectivity index (χ4v) is 0.920. The summed E-state index contributed by atoms with van der Waals surface area (Å²) in [7, 11) is 0. The molecular formula is C9H6NO.